The van der Waals surface area contributed by atoms with Crippen molar-refractivity contribution in [3.05, 3.63) is 32.9 Å². The zero-order valence-electron chi connectivity index (χ0n) is 8.17. The standard InChI is InChI=1S/C11H12BrIO2/c12-6-2-1-3-8-4-5-9(11(14)15)10(13)7-8/h4-5,7H,1-3,6H2,(H,14,15). The molecular weight excluding hydrogens is 371 g/mol. The normalized spacial score (nSPS) is 10.3. The van der Waals surface area contributed by atoms with Crippen molar-refractivity contribution in [2.75, 3.05) is 5.33 Å². The molecule has 15 heavy (non-hydrogen) atoms. The van der Waals surface area contributed by atoms with Crippen LogP contribution in [-0.4, -0.2) is 16.4 Å². The number of carboxylic acid groups (broad SMARTS) is 1. The maximum Gasteiger partial charge on any atom is 0.336 e. The molecule has 0 fully saturated rings. The number of aromatic carboxylic acids is 1. The Hall–Kier alpha value is -0.100. The highest BCUT2D eigenvalue weighted by atomic mass is 127. The van der Waals surface area contributed by atoms with E-state index >= 15 is 0 Å². The van der Waals surface area contributed by atoms with Crippen molar-refractivity contribution in [2.24, 2.45) is 0 Å². The Morgan fingerprint density at radius 2 is 2.13 bits per heavy atom. The summed E-state index contributed by atoms with van der Waals surface area (Å²) in [6, 6.07) is 5.55. The Morgan fingerprint density at radius 3 is 2.67 bits per heavy atom. The predicted octanol–water partition coefficient (Wildman–Crippen LogP) is 3.71. The summed E-state index contributed by atoms with van der Waals surface area (Å²) in [5.74, 6) is -0.855. The van der Waals surface area contributed by atoms with E-state index in [0.29, 0.717) is 5.56 Å². The van der Waals surface area contributed by atoms with Gasteiger partial charge < -0.3 is 5.11 Å². The number of aryl methyl sites for hydroxylation is 1. The van der Waals surface area contributed by atoms with Crippen LogP contribution in [0, 0.1) is 3.57 Å². The number of hydrogen-bond acceptors (Lipinski definition) is 1. The van der Waals surface area contributed by atoms with Gasteiger partial charge in [-0.3, -0.25) is 0 Å². The molecule has 0 saturated carbocycles. The van der Waals surface area contributed by atoms with Crippen molar-refractivity contribution in [3.63, 3.8) is 0 Å². The van der Waals surface area contributed by atoms with Gasteiger partial charge in [0.25, 0.3) is 0 Å². The summed E-state index contributed by atoms with van der Waals surface area (Å²) in [5.41, 5.74) is 1.60. The van der Waals surface area contributed by atoms with Crippen LogP contribution in [-0.2, 0) is 6.42 Å². The van der Waals surface area contributed by atoms with Crippen LogP contribution in [0.4, 0.5) is 0 Å². The van der Waals surface area contributed by atoms with Gasteiger partial charge in [-0.25, -0.2) is 4.79 Å². The minimum absolute atomic E-state index is 0.389. The lowest BCUT2D eigenvalue weighted by molar-refractivity contribution is 0.0695. The number of halogens is 2. The van der Waals surface area contributed by atoms with Gasteiger partial charge in [-0.05, 0) is 59.5 Å². The SMILES string of the molecule is O=C(O)c1ccc(CCCCBr)cc1I. The molecule has 4 heteroatoms. The molecule has 0 saturated heterocycles. The van der Waals surface area contributed by atoms with Gasteiger partial charge in [-0.1, -0.05) is 22.0 Å². The van der Waals surface area contributed by atoms with Crippen molar-refractivity contribution >= 4 is 44.5 Å². The average molecular weight is 383 g/mol. The third kappa shape index (κ3) is 4.10. The number of unbranched alkanes of at least 4 members (excludes halogenated alkanes) is 1. The molecule has 0 atom stereocenters. The molecule has 0 aromatic heterocycles. The molecule has 0 bridgehead atoms. The van der Waals surface area contributed by atoms with E-state index in [1.54, 1.807) is 6.07 Å². The molecule has 0 heterocycles. The topological polar surface area (TPSA) is 37.3 Å². The first-order valence-corrected chi connectivity index (χ1v) is 6.93. The van der Waals surface area contributed by atoms with E-state index in [-0.39, 0.29) is 0 Å². The Labute approximate surface area is 111 Å². The van der Waals surface area contributed by atoms with Gasteiger partial charge in [0.1, 0.15) is 0 Å². The van der Waals surface area contributed by atoms with Crippen molar-refractivity contribution < 1.29 is 9.90 Å². The Balaban J connectivity index is 2.69. The molecule has 1 aromatic carbocycles. The van der Waals surface area contributed by atoms with E-state index in [2.05, 4.69) is 38.5 Å². The molecule has 82 valence electrons. The number of rotatable bonds is 5. The number of carbonyl (C=O) groups is 1. The van der Waals surface area contributed by atoms with Gasteiger partial charge in [0, 0.05) is 8.90 Å². The Morgan fingerprint density at radius 1 is 1.40 bits per heavy atom. The Kier molecular flexibility index (Phi) is 5.60. The summed E-state index contributed by atoms with van der Waals surface area (Å²) in [6.45, 7) is 0. The van der Waals surface area contributed by atoms with Crippen LogP contribution in [0.15, 0.2) is 18.2 Å². The molecule has 0 aliphatic carbocycles. The van der Waals surface area contributed by atoms with Crippen LogP contribution in [0.5, 0.6) is 0 Å². The van der Waals surface area contributed by atoms with Crippen LogP contribution < -0.4 is 0 Å². The number of carboxylic acids is 1. The van der Waals surface area contributed by atoms with E-state index in [9.17, 15) is 4.79 Å². The molecule has 0 aliphatic heterocycles. The molecule has 0 amide bonds. The fourth-order valence-corrected chi connectivity index (χ4v) is 2.52. The summed E-state index contributed by atoms with van der Waals surface area (Å²) in [6.07, 6.45) is 3.30. The molecule has 1 N–H and O–H groups in total. The number of benzene rings is 1. The van der Waals surface area contributed by atoms with Crippen LogP contribution in [0.2, 0.25) is 0 Å². The zero-order chi connectivity index (χ0) is 11.3. The largest absolute Gasteiger partial charge is 0.478 e. The van der Waals surface area contributed by atoms with Gasteiger partial charge in [0.2, 0.25) is 0 Å². The minimum Gasteiger partial charge on any atom is -0.478 e. The summed E-state index contributed by atoms with van der Waals surface area (Å²) < 4.78 is 0.816. The molecule has 1 aromatic rings. The van der Waals surface area contributed by atoms with Crippen LogP contribution >= 0.6 is 38.5 Å². The number of alkyl halides is 1. The fraction of sp³-hybridized carbons (Fsp3) is 0.364. The van der Waals surface area contributed by atoms with Crippen LogP contribution in [0.3, 0.4) is 0 Å². The van der Waals surface area contributed by atoms with Crippen molar-refractivity contribution in [1.29, 1.82) is 0 Å². The van der Waals surface area contributed by atoms with E-state index in [1.807, 2.05) is 12.1 Å². The van der Waals surface area contributed by atoms with Gasteiger partial charge in [-0.15, -0.1) is 0 Å². The monoisotopic (exact) mass is 382 g/mol. The summed E-state index contributed by atoms with van der Waals surface area (Å²) in [4.78, 5) is 10.8. The second-order valence-electron chi connectivity index (χ2n) is 3.27. The van der Waals surface area contributed by atoms with Crippen LogP contribution in [0.25, 0.3) is 0 Å². The lowest BCUT2D eigenvalue weighted by Crippen LogP contribution is -2.00. The molecule has 0 unspecified atom stereocenters. The third-order valence-electron chi connectivity index (χ3n) is 2.11. The average Bonchev–Trinajstić information content (AvgIpc) is 2.17. The van der Waals surface area contributed by atoms with Gasteiger partial charge in [0.15, 0.2) is 0 Å². The first-order chi connectivity index (χ1) is 7.15. The van der Waals surface area contributed by atoms with Gasteiger partial charge in [-0.2, -0.15) is 0 Å². The summed E-state index contributed by atoms with van der Waals surface area (Å²) in [5, 5.41) is 9.88. The van der Waals surface area contributed by atoms with Crippen molar-refractivity contribution in [3.8, 4) is 0 Å². The second kappa shape index (κ2) is 6.48. The highest BCUT2D eigenvalue weighted by molar-refractivity contribution is 14.1. The molecule has 0 aliphatic rings. The third-order valence-corrected chi connectivity index (χ3v) is 3.57. The van der Waals surface area contributed by atoms with E-state index in [4.69, 9.17) is 5.11 Å². The second-order valence-corrected chi connectivity index (χ2v) is 5.22. The summed E-state index contributed by atoms with van der Waals surface area (Å²) in [7, 11) is 0. The molecule has 0 radical (unpaired) electrons. The zero-order valence-corrected chi connectivity index (χ0v) is 11.9. The first kappa shape index (κ1) is 13.0. The van der Waals surface area contributed by atoms with E-state index in [1.165, 1.54) is 5.56 Å². The molecule has 1 rings (SSSR count). The lowest BCUT2D eigenvalue weighted by Gasteiger charge is -2.03. The smallest absolute Gasteiger partial charge is 0.336 e. The highest BCUT2D eigenvalue weighted by Gasteiger charge is 2.07. The maximum atomic E-state index is 10.8. The van der Waals surface area contributed by atoms with Crippen molar-refractivity contribution in [2.45, 2.75) is 19.3 Å². The maximum absolute atomic E-state index is 10.8. The Bertz CT molecular complexity index is 352. The minimum atomic E-state index is -0.855. The molecular formula is C11H12BrIO2. The van der Waals surface area contributed by atoms with E-state index in [0.717, 1.165) is 28.2 Å². The van der Waals surface area contributed by atoms with Crippen molar-refractivity contribution in [1.82, 2.24) is 0 Å². The summed E-state index contributed by atoms with van der Waals surface area (Å²) >= 11 is 5.46. The number of hydrogen-bond donors (Lipinski definition) is 1. The van der Waals surface area contributed by atoms with Gasteiger partial charge >= 0.3 is 5.97 Å². The first-order valence-electron chi connectivity index (χ1n) is 4.73. The molecule has 0 spiro atoms. The van der Waals surface area contributed by atoms with Crippen LogP contribution in [0.1, 0.15) is 28.8 Å². The van der Waals surface area contributed by atoms with E-state index < -0.39 is 5.97 Å². The lowest BCUT2D eigenvalue weighted by atomic mass is 10.1. The van der Waals surface area contributed by atoms with Gasteiger partial charge in [0.05, 0.1) is 5.56 Å². The fourth-order valence-electron chi connectivity index (χ4n) is 1.31. The molecule has 2 nitrogen and oxygen atoms in total. The quantitative estimate of drug-likeness (QED) is 0.479. The predicted molar refractivity (Wildman–Crippen MR) is 72.9 cm³/mol. The highest BCUT2D eigenvalue weighted by Crippen LogP contribution is 2.16.